The molecule has 0 atom stereocenters. The summed E-state index contributed by atoms with van der Waals surface area (Å²) >= 11 is 3.38. The summed E-state index contributed by atoms with van der Waals surface area (Å²) in [5, 5.41) is 2.88. The summed E-state index contributed by atoms with van der Waals surface area (Å²) in [7, 11) is 3.38. The third-order valence-corrected chi connectivity index (χ3v) is 5.75. The lowest BCUT2D eigenvalue weighted by Gasteiger charge is -2.31. The molecule has 1 N–H and O–H groups in total. The van der Waals surface area contributed by atoms with Gasteiger partial charge in [-0.1, -0.05) is 47.3 Å². The summed E-state index contributed by atoms with van der Waals surface area (Å²) in [4.78, 5) is 27.8. The third-order valence-electron chi connectivity index (χ3n) is 5.25. The zero-order valence-electron chi connectivity index (χ0n) is 16.2. The molecule has 1 fully saturated rings. The lowest BCUT2D eigenvalue weighted by Crippen LogP contribution is -2.38. The molecule has 0 heterocycles. The average Bonchev–Trinajstić information content (AvgIpc) is 2.73. The number of halogens is 1. The molecule has 148 valence electrons. The van der Waals surface area contributed by atoms with Crippen molar-refractivity contribution in [2.75, 3.05) is 19.5 Å². The van der Waals surface area contributed by atoms with E-state index in [1.54, 1.807) is 24.3 Å². The van der Waals surface area contributed by atoms with Crippen LogP contribution in [0.1, 0.15) is 52.8 Å². The number of anilines is 1. The molecule has 0 aromatic heterocycles. The number of para-hydroxylation sites is 1. The van der Waals surface area contributed by atoms with E-state index in [0.29, 0.717) is 22.6 Å². The number of nitrogens with one attached hydrogen (secondary N) is 1. The predicted octanol–water partition coefficient (Wildman–Crippen LogP) is 5.11. The normalized spacial score (nSPS) is 14.4. The molecule has 2 aromatic rings. The topological polar surface area (TPSA) is 58.6 Å². The van der Waals surface area contributed by atoms with Crippen LogP contribution in [0, 0.1) is 0 Å². The molecule has 2 amide bonds. The molecule has 1 aliphatic rings. The molecular weight excluding hydrogens is 420 g/mol. The van der Waals surface area contributed by atoms with Gasteiger partial charge in [0.2, 0.25) is 0 Å². The Morgan fingerprint density at radius 3 is 2.50 bits per heavy atom. The van der Waals surface area contributed by atoms with E-state index in [1.165, 1.54) is 13.5 Å². The second kappa shape index (κ2) is 9.24. The van der Waals surface area contributed by atoms with Crippen molar-refractivity contribution in [1.29, 1.82) is 0 Å². The minimum atomic E-state index is -0.321. The standard InChI is InChI=1S/C22H25BrN2O3/c1-25(16-8-4-3-5-9-16)22(27)17-10-6-7-11-19(17)24-21(26)18-14-15(23)12-13-20(18)28-2/h6-7,10-14,16H,3-5,8-9H2,1-2H3,(H,24,26). The summed E-state index contributed by atoms with van der Waals surface area (Å²) in [5.41, 5.74) is 1.40. The van der Waals surface area contributed by atoms with Gasteiger partial charge in [0.05, 0.1) is 23.9 Å². The predicted molar refractivity (Wildman–Crippen MR) is 114 cm³/mol. The number of ether oxygens (including phenoxy) is 1. The molecule has 0 unspecified atom stereocenters. The van der Waals surface area contributed by atoms with Gasteiger partial charge in [-0.15, -0.1) is 0 Å². The van der Waals surface area contributed by atoms with Gasteiger partial charge >= 0.3 is 0 Å². The number of hydrogen-bond donors (Lipinski definition) is 1. The van der Waals surface area contributed by atoms with Crippen LogP contribution in [0.5, 0.6) is 5.75 Å². The van der Waals surface area contributed by atoms with E-state index in [0.717, 1.165) is 30.2 Å². The molecule has 0 aliphatic heterocycles. The fraction of sp³-hybridized carbons (Fsp3) is 0.364. The molecule has 28 heavy (non-hydrogen) atoms. The minimum Gasteiger partial charge on any atom is -0.496 e. The Morgan fingerprint density at radius 1 is 1.07 bits per heavy atom. The van der Waals surface area contributed by atoms with Crippen molar-refractivity contribution in [3.63, 3.8) is 0 Å². The Morgan fingerprint density at radius 2 is 1.79 bits per heavy atom. The van der Waals surface area contributed by atoms with Gasteiger partial charge < -0.3 is 15.0 Å². The highest BCUT2D eigenvalue weighted by molar-refractivity contribution is 9.10. The van der Waals surface area contributed by atoms with Crippen molar-refractivity contribution in [3.05, 3.63) is 58.1 Å². The Hall–Kier alpha value is -2.34. The Labute approximate surface area is 174 Å². The van der Waals surface area contributed by atoms with Crippen molar-refractivity contribution in [3.8, 4) is 5.75 Å². The first-order valence-electron chi connectivity index (χ1n) is 9.52. The summed E-state index contributed by atoms with van der Waals surface area (Å²) in [5.74, 6) is 0.0894. The summed E-state index contributed by atoms with van der Waals surface area (Å²) in [6.45, 7) is 0. The Bertz CT molecular complexity index is 863. The minimum absolute atomic E-state index is 0.0657. The summed E-state index contributed by atoms with van der Waals surface area (Å²) < 4.78 is 6.08. The maximum Gasteiger partial charge on any atom is 0.259 e. The van der Waals surface area contributed by atoms with Crippen LogP contribution in [0.4, 0.5) is 5.69 Å². The van der Waals surface area contributed by atoms with Gasteiger partial charge in [0.25, 0.3) is 11.8 Å². The molecule has 0 radical (unpaired) electrons. The molecule has 1 aliphatic carbocycles. The Balaban J connectivity index is 1.83. The Kier molecular flexibility index (Phi) is 6.73. The molecule has 0 spiro atoms. The fourth-order valence-electron chi connectivity index (χ4n) is 3.65. The van der Waals surface area contributed by atoms with E-state index in [4.69, 9.17) is 4.74 Å². The second-order valence-corrected chi connectivity index (χ2v) is 7.97. The number of hydrogen-bond acceptors (Lipinski definition) is 3. The first-order valence-corrected chi connectivity index (χ1v) is 10.3. The molecule has 3 rings (SSSR count). The van der Waals surface area contributed by atoms with Gasteiger partial charge in [0.1, 0.15) is 5.75 Å². The van der Waals surface area contributed by atoms with Crippen LogP contribution < -0.4 is 10.1 Å². The van der Waals surface area contributed by atoms with Crippen LogP contribution in [-0.4, -0.2) is 36.9 Å². The first kappa shape index (κ1) is 20.4. The number of rotatable bonds is 5. The monoisotopic (exact) mass is 444 g/mol. The van der Waals surface area contributed by atoms with Gasteiger partial charge in [0.15, 0.2) is 0 Å². The lowest BCUT2D eigenvalue weighted by atomic mass is 9.94. The molecule has 2 aromatic carbocycles. The number of methoxy groups -OCH3 is 1. The highest BCUT2D eigenvalue weighted by Crippen LogP contribution is 2.27. The SMILES string of the molecule is COc1ccc(Br)cc1C(=O)Nc1ccccc1C(=O)N(C)C1CCCCC1. The van der Waals surface area contributed by atoms with Crippen LogP contribution in [-0.2, 0) is 0 Å². The van der Waals surface area contributed by atoms with Crippen molar-refractivity contribution in [1.82, 2.24) is 4.90 Å². The van der Waals surface area contributed by atoms with E-state index < -0.39 is 0 Å². The number of amides is 2. The van der Waals surface area contributed by atoms with Crippen LogP contribution in [0.25, 0.3) is 0 Å². The first-order chi connectivity index (χ1) is 13.5. The van der Waals surface area contributed by atoms with Crippen molar-refractivity contribution >= 4 is 33.4 Å². The number of carbonyl (C=O) groups excluding carboxylic acids is 2. The van der Waals surface area contributed by atoms with E-state index in [9.17, 15) is 9.59 Å². The van der Waals surface area contributed by atoms with E-state index in [-0.39, 0.29) is 17.9 Å². The highest BCUT2D eigenvalue weighted by Gasteiger charge is 2.25. The van der Waals surface area contributed by atoms with Crippen LogP contribution in [0.3, 0.4) is 0 Å². The van der Waals surface area contributed by atoms with Gasteiger partial charge in [-0.2, -0.15) is 0 Å². The third kappa shape index (κ3) is 4.55. The second-order valence-electron chi connectivity index (χ2n) is 7.05. The quantitative estimate of drug-likeness (QED) is 0.696. The molecule has 5 nitrogen and oxygen atoms in total. The summed E-state index contributed by atoms with van der Waals surface area (Å²) in [6.07, 6.45) is 5.62. The molecule has 6 heteroatoms. The average molecular weight is 445 g/mol. The van der Waals surface area contributed by atoms with Gasteiger partial charge in [-0.05, 0) is 43.2 Å². The molecule has 0 bridgehead atoms. The fourth-order valence-corrected chi connectivity index (χ4v) is 4.01. The molecular formula is C22H25BrN2O3. The van der Waals surface area contributed by atoms with Crippen LogP contribution in [0.2, 0.25) is 0 Å². The van der Waals surface area contributed by atoms with Gasteiger partial charge in [-0.3, -0.25) is 9.59 Å². The number of nitrogens with zero attached hydrogens (tertiary/aromatic N) is 1. The highest BCUT2D eigenvalue weighted by atomic mass is 79.9. The van der Waals surface area contributed by atoms with Gasteiger partial charge in [-0.25, -0.2) is 0 Å². The van der Waals surface area contributed by atoms with E-state index >= 15 is 0 Å². The van der Waals surface area contributed by atoms with Crippen LogP contribution >= 0.6 is 15.9 Å². The molecule has 1 saturated carbocycles. The van der Waals surface area contributed by atoms with Crippen molar-refractivity contribution in [2.45, 2.75) is 38.1 Å². The van der Waals surface area contributed by atoms with E-state index in [1.807, 2.05) is 30.1 Å². The molecule has 0 saturated heterocycles. The number of carbonyl (C=O) groups is 2. The smallest absolute Gasteiger partial charge is 0.259 e. The van der Waals surface area contributed by atoms with Crippen molar-refractivity contribution in [2.24, 2.45) is 0 Å². The maximum atomic E-state index is 13.1. The summed E-state index contributed by atoms with van der Waals surface area (Å²) in [6, 6.07) is 12.6. The zero-order valence-corrected chi connectivity index (χ0v) is 17.8. The van der Waals surface area contributed by atoms with Crippen LogP contribution in [0.15, 0.2) is 46.9 Å². The van der Waals surface area contributed by atoms with Crippen molar-refractivity contribution < 1.29 is 14.3 Å². The zero-order chi connectivity index (χ0) is 20.1. The number of benzene rings is 2. The van der Waals surface area contributed by atoms with E-state index in [2.05, 4.69) is 21.2 Å². The van der Waals surface area contributed by atoms with Gasteiger partial charge in [0, 0.05) is 17.6 Å². The largest absolute Gasteiger partial charge is 0.496 e. The lowest BCUT2D eigenvalue weighted by molar-refractivity contribution is 0.0697. The maximum absolute atomic E-state index is 13.1.